The number of piperazine rings is 1. The number of nitro groups is 1. The van der Waals surface area contributed by atoms with Crippen LogP contribution in [0.1, 0.15) is 21.5 Å². The lowest BCUT2D eigenvalue weighted by Crippen LogP contribution is -2.48. The van der Waals surface area contributed by atoms with Crippen molar-refractivity contribution in [3.8, 4) is 0 Å². The van der Waals surface area contributed by atoms with E-state index in [9.17, 15) is 14.9 Å². The summed E-state index contributed by atoms with van der Waals surface area (Å²) in [5, 5.41) is 11.3. The molecule has 0 unspecified atom stereocenters. The fourth-order valence-electron chi connectivity index (χ4n) is 3.32. The number of nitro benzene ring substituents is 1. The summed E-state index contributed by atoms with van der Waals surface area (Å²) in [6, 6.07) is 13.2. The molecule has 2 aromatic rings. The second-order valence-electron chi connectivity index (χ2n) is 6.70. The van der Waals surface area contributed by atoms with Crippen LogP contribution in [0.4, 0.5) is 5.69 Å². The Morgan fingerprint density at radius 3 is 2.52 bits per heavy atom. The quantitative estimate of drug-likeness (QED) is 0.447. The molecule has 1 amide bonds. The molecule has 0 aromatic heterocycles. The minimum absolute atomic E-state index is 0.125. The Kier molecular flexibility index (Phi) is 6.13. The van der Waals surface area contributed by atoms with Crippen molar-refractivity contribution < 1.29 is 9.72 Å². The molecule has 142 valence electrons. The van der Waals surface area contributed by atoms with Crippen LogP contribution in [-0.4, -0.2) is 53.1 Å². The molecule has 0 N–H and O–H groups in total. The summed E-state index contributed by atoms with van der Waals surface area (Å²) in [6.45, 7) is 5.60. The van der Waals surface area contributed by atoms with Gasteiger partial charge in [0.05, 0.1) is 4.92 Å². The Hall–Kier alpha value is -2.38. The second-order valence-corrected chi connectivity index (χ2v) is 7.58. The smallest absolute Gasteiger partial charge is 0.282 e. The largest absolute Gasteiger partial charge is 0.336 e. The molecule has 1 saturated heterocycles. The maximum Gasteiger partial charge on any atom is 0.282 e. The fourth-order valence-corrected chi connectivity index (χ4v) is 3.76. The SMILES string of the molecule is CSc1ccc([N+](=O)[O-])c(C(=O)N2CCN(Cc3cccc(C)c3)CC2)c1. The number of hydrogen-bond acceptors (Lipinski definition) is 5. The van der Waals surface area contributed by atoms with Gasteiger partial charge in [0.1, 0.15) is 5.56 Å². The molecule has 7 heteroatoms. The van der Waals surface area contributed by atoms with Crippen molar-refractivity contribution in [2.24, 2.45) is 0 Å². The summed E-state index contributed by atoms with van der Waals surface area (Å²) in [6.07, 6.45) is 1.89. The molecular weight excluding hydrogens is 362 g/mol. The molecule has 0 atom stereocenters. The van der Waals surface area contributed by atoms with Crippen molar-refractivity contribution >= 4 is 23.4 Å². The monoisotopic (exact) mass is 385 g/mol. The first-order valence-electron chi connectivity index (χ1n) is 8.87. The van der Waals surface area contributed by atoms with Crippen LogP contribution < -0.4 is 0 Å². The highest BCUT2D eigenvalue weighted by Gasteiger charge is 2.27. The molecular formula is C20H23N3O3S. The Labute approximate surface area is 163 Å². The van der Waals surface area contributed by atoms with Crippen LogP contribution in [0.5, 0.6) is 0 Å². The van der Waals surface area contributed by atoms with Crippen molar-refractivity contribution in [2.45, 2.75) is 18.4 Å². The number of rotatable bonds is 5. The van der Waals surface area contributed by atoms with Gasteiger partial charge in [0.25, 0.3) is 11.6 Å². The van der Waals surface area contributed by atoms with Gasteiger partial charge >= 0.3 is 0 Å². The van der Waals surface area contributed by atoms with Crippen molar-refractivity contribution in [1.82, 2.24) is 9.80 Å². The Balaban J connectivity index is 1.67. The highest BCUT2D eigenvalue weighted by atomic mass is 32.2. The molecule has 0 saturated carbocycles. The summed E-state index contributed by atoms with van der Waals surface area (Å²) in [7, 11) is 0. The second kappa shape index (κ2) is 8.54. The summed E-state index contributed by atoms with van der Waals surface area (Å²) in [5.74, 6) is -0.257. The molecule has 1 aliphatic rings. The molecule has 27 heavy (non-hydrogen) atoms. The van der Waals surface area contributed by atoms with E-state index < -0.39 is 4.92 Å². The third-order valence-corrected chi connectivity index (χ3v) is 5.50. The van der Waals surface area contributed by atoms with Gasteiger partial charge < -0.3 is 4.90 Å². The van der Waals surface area contributed by atoms with Crippen LogP contribution in [0.2, 0.25) is 0 Å². The minimum atomic E-state index is -0.481. The molecule has 0 aliphatic carbocycles. The zero-order valence-corrected chi connectivity index (χ0v) is 16.4. The van der Waals surface area contributed by atoms with E-state index in [0.29, 0.717) is 13.1 Å². The van der Waals surface area contributed by atoms with Gasteiger partial charge in [-0.25, -0.2) is 0 Å². The van der Waals surface area contributed by atoms with E-state index in [1.807, 2.05) is 6.26 Å². The van der Waals surface area contributed by atoms with Crippen LogP contribution in [0.3, 0.4) is 0 Å². The average molecular weight is 385 g/mol. The van der Waals surface area contributed by atoms with Gasteiger partial charge in [0.15, 0.2) is 0 Å². The maximum atomic E-state index is 12.9. The molecule has 1 fully saturated rings. The van der Waals surface area contributed by atoms with E-state index in [4.69, 9.17) is 0 Å². The van der Waals surface area contributed by atoms with Gasteiger partial charge in [-0.05, 0) is 30.9 Å². The molecule has 2 aromatic carbocycles. The van der Waals surface area contributed by atoms with Crippen molar-refractivity contribution in [3.63, 3.8) is 0 Å². The first-order valence-corrected chi connectivity index (χ1v) is 10.1. The van der Waals surface area contributed by atoms with Crippen LogP contribution in [-0.2, 0) is 6.54 Å². The molecule has 0 spiro atoms. The van der Waals surface area contributed by atoms with Crippen molar-refractivity contribution in [1.29, 1.82) is 0 Å². The predicted octanol–water partition coefficient (Wildman–Crippen LogP) is 3.58. The zero-order valence-electron chi connectivity index (χ0n) is 15.6. The van der Waals surface area contributed by atoms with E-state index in [1.54, 1.807) is 17.0 Å². The molecule has 3 rings (SSSR count). The molecule has 0 radical (unpaired) electrons. The van der Waals surface area contributed by atoms with Gasteiger partial charge in [-0.15, -0.1) is 11.8 Å². The number of carbonyl (C=O) groups excluding carboxylic acids is 1. The van der Waals surface area contributed by atoms with E-state index in [0.717, 1.165) is 24.5 Å². The van der Waals surface area contributed by atoms with Crippen LogP contribution in [0, 0.1) is 17.0 Å². The lowest BCUT2D eigenvalue weighted by Gasteiger charge is -2.34. The maximum absolute atomic E-state index is 12.9. The number of amides is 1. The first-order chi connectivity index (χ1) is 13.0. The average Bonchev–Trinajstić information content (AvgIpc) is 2.67. The van der Waals surface area contributed by atoms with Gasteiger partial charge in [-0.3, -0.25) is 19.8 Å². The summed E-state index contributed by atoms with van der Waals surface area (Å²) in [5.41, 5.74) is 2.55. The highest BCUT2D eigenvalue weighted by Crippen LogP contribution is 2.26. The number of carbonyl (C=O) groups is 1. The van der Waals surface area contributed by atoms with E-state index in [-0.39, 0.29) is 17.2 Å². The van der Waals surface area contributed by atoms with Gasteiger partial charge in [0, 0.05) is 43.7 Å². The first kappa shape index (κ1) is 19.4. The number of hydrogen-bond donors (Lipinski definition) is 0. The normalized spacial score (nSPS) is 15.0. The summed E-state index contributed by atoms with van der Waals surface area (Å²) >= 11 is 1.47. The van der Waals surface area contributed by atoms with Crippen molar-refractivity contribution in [3.05, 3.63) is 69.3 Å². The van der Waals surface area contributed by atoms with Gasteiger partial charge in [0.2, 0.25) is 0 Å². The number of nitrogens with zero attached hydrogens (tertiary/aromatic N) is 3. The standard InChI is InChI=1S/C20H23N3O3S/c1-15-4-3-5-16(12-15)14-21-8-10-22(11-9-21)20(24)18-13-17(27-2)6-7-19(18)23(25)26/h3-7,12-13H,8-11,14H2,1-2H3. The van der Waals surface area contributed by atoms with Crippen LogP contribution in [0.25, 0.3) is 0 Å². The molecule has 1 heterocycles. The molecule has 1 aliphatic heterocycles. The van der Waals surface area contributed by atoms with Crippen LogP contribution >= 0.6 is 11.8 Å². The van der Waals surface area contributed by atoms with E-state index >= 15 is 0 Å². The minimum Gasteiger partial charge on any atom is -0.336 e. The number of aryl methyl sites for hydroxylation is 1. The topological polar surface area (TPSA) is 66.7 Å². The van der Waals surface area contributed by atoms with Crippen LogP contribution in [0.15, 0.2) is 47.4 Å². The lowest BCUT2D eigenvalue weighted by molar-refractivity contribution is -0.385. The predicted molar refractivity (Wildman–Crippen MR) is 107 cm³/mol. The molecule has 0 bridgehead atoms. The fraction of sp³-hybridized carbons (Fsp3) is 0.350. The summed E-state index contributed by atoms with van der Waals surface area (Å²) in [4.78, 5) is 28.6. The zero-order chi connectivity index (χ0) is 19.4. The van der Waals surface area contributed by atoms with Gasteiger partial charge in [-0.1, -0.05) is 29.8 Å². The van der Waals surface area contributed by atoms with Crippen molar-refractivity contribution in [2.75, 3.05) is 32.4 Å². The number of thioether (sulfide) groups is 1. The highest BCUT2D eigenvalue weighted by molar-refractivity contribution is 7.98. The van der Waals surface area contributed by atoms with E-state index in [2.05, 4.69) is 36.1 Å². The van der Waals surface area contributed by atoms with Gasteiger partial charge in [-0.2, -0.15) is 0 Å². The van der Waals surface area contributed by atoms with E-state index in [1.165, 1.54) is 29.0 Å². The Bertz CT molecular complexity index is 848. The number of benzene rings is 2. The Morgan fingerprint density at radius 1 is 1.15 bits per heavy atom. The molecule has 6 nitrogen and oxygen atoms in total. The Morgan fingerprint density at radius 2 is 1.89 bits per heavy atom. The third-order valence-electron chi connectivity index (χ3n) is 4.78. The summed E-state index contributed by atoms with van der Waals surface area (Å²) < 4.78 is 0. The lowest BCUT2D eigenvalue weighted by atomic mass is 10.1. The third kappa shape index (κ3) is 4.67.